The monoisotopic (exact) mass is 274 g/mol. The van der Waals surface area contributed by atoms with Crippen molar-refractivity contribution in [3.8, 4) is 0 Å². The van der Waals surface area contributed by atoms with E-state index < -0.39 is 6.09 Å². The van der Waals surface area contributed by atoms with Gasteiger partial charge in [-0.3, -0.25) is 9.69 Å². The molecule has 1 aliphatic rings. The maximum Gasteiger partial charge on any atom is 0.407 e. The third-order valence-electron chi connectivity index (χ3n) is 3.24. The van der Waals surface area contributed by atoms with Crippen LogP contribution in [0.5, 0.6) is 0 Å². The third kappa shape index (κ3) is 5.44. The summed E-state index contributed by atoms with van der Waals surface area (Å²) in [4.78, 5) is 24.5. The molecule has 0 spiro atoms. The van der Waals surface area contributed by atoms with Crippen molar-refractivity contribution in [1.29, 1.82) is 0 Å². The molecule has 1 rings (SSSR count). The number of carbonyl (C=O) groups excluding carboxylic acids is 2. The Balaban J connectivity index is 2.56. The van der Waals surface area contributed by atoms with Gasteiger partial charge in [-0.15, -0.1) is 0 Å². The highest BCUT2D eigenvalue weighted by atomic mass is 16.5. The molecule has 1 heterocycles. The lowest BCUT2D eigenvalue weighted by Gasteiger charge is -2.37. The van der Waals surface area contributed by atoms with Gasteiger partial charge in [0.25, 0.3) is 0 Å². The Morgan fingerprint density at radius 3 is 2.63 bits per heavy atom. The van der Waals surface area contributed by atoms with Crippen LogP contribution in [-0.2, 0) is 14.3 Å². The molecular weight excluding hydrogens is 252 g/mol. The van der Waals surface area contributed by atoms with Crippen molar-refractivity contribution >= 4 is 12.1 Å². The predicted molar refractivity (Wildman–Crippen MR) is 67.6 cm³/mol. The summed E-state index contributed by atoms with van der Waals surface area (Å²) < 4.78 is 9.22. The van der Waals surface area contributed by atoms with Crippen LogP contribution in [-0.4, -0.2) is 68.6 Å². The molecule has 7 nitrogen and oxygen atoms in total. The van der Waals surface area contributed by atoms with E-state index in [4.69, 9.17) is 5.11 Å². The zero-order valence-corrected chi connectivity index (χ0v) is 11.4. The highest BCUT2D eigenvalue weighted by molar-refractivity contribution is 5.71. The van der Waals surface area contributed by atoms with Crippen LogP contribution in [0.3, 0.4) is 0 Å². The molecule has 0 radical (unpaired) electrons. The zero-order chi connectivity index (χ0) is 14.3. The van der Waals surface area contributed by atoms with E-state index in [1.54, 1.807) is 0 Å². The molecule has 0 aromatic heterocycles. The Kier molecular flexibility index (Phi) is 6.58. The standard InChI is InChI=1S/C12H22N2O5/c1-18-11(16)8-14-6-9(3-4-15)5-10(7-14)13-12(17)19-2/h9-10,15H,3-8H2,1-2H3,(H,13,17). The lowest BCUT2D eigenvalue weighted by molar-refractivity contribution is -0.142. The fraction of sp³-hybridized carbons (Fsp3) is 0.833. The van der Waals surface area contributed by atoms with Crippen LogP contribution in [0.25, 0.3) is 0 Å². The number of hydrogen-bond donors (Lipinski definition) is 2. The second-order valence-corrected chi connectivity index (χ2v) is 4.72. The van der Waals surface area contributed by atoms with Gasteiger partial charge in [0.1, 0.15) is 0 Å². The quantitative estimate of drug-likeness (QED) is 0.663. The van der Waals surface area contributed by atoms with Gasteiger partial charge in [0.15, 0.2) is 0 Å². The summed E-state index contributed by atoms with van der Waals surface area (Å²) in [6, 6.07) is -0.0811. The van der Waals surface area contributed by atoms with Crippen molar-refractivity contribution in [2.75, 3.05) is 40.5 Å². The lowest BCUT2D eigenvalue weighted by Crippen LogP contribution is -2.52. The number of nitrogens with one attached hydrogen (secondary N) is 1. The molecule has 0 saturated carbocycles. The van der Waals surface area contributed by atoms with Gasteiger partial charge < -0.3 is 19.9 Å². The van der Waals surface area contributed by atoms with E-state index in [2.05, 4.69) is 14.8 Å². The summed E-state index contributed by atoms with van der Waals surface area (Å²) in [5.74, 6) is -0.0629. The minimum Gasteiger partial charge on any atom is -0.468 e. The van der Waals surface area contributed by atoms with E-state index in [1.165, 1.54) is 14.2 Å². The molecule has 2 atom stereocenters. The Hall–Kier alpha value is -1.34. The van der Waals surface area contributed by atoms with Gasteiger partial charge in [0.05, 0.1) is 20.8 Å². The third-order valence-corrected chi connectivity index (χ3v) is 3.24. The van der Waals surface area contributed by atoms with E-state index in [0.29, 0.717) is 13.0 Å². The number of aliphatic hydroxyl groups excluding tert-OH is 1. The molecule has 1 fully saturated rings. The van der Waals surface area contributed by atoms with Crippen LogP contribution in [0.1, 0.15) is 12.8 Å². The fourth-order valence-corrected chi connectivity index (χ4v) is 2.40. The second kappa shape index (κ2) is 7.96. The average molecular weight is 274 g/mol. The van der Waals surface area contributed by atoms with Crippen molar-refractivity contribution < 1.29 is 24.2 Å². The van der Waals surface area contributed by atoms with Crippen LogP contribution in [0.4, 0.5) is 4.79 Å². The molecule has 1 saturated heterocycles. The first-order valence-corrected chi connectivity index (χ1v) is 6.33. The Morgan fingerprint density at radius 1 is 1.32 bits per heavy atom. The van der Waals surface area contributed by atoms with Crippen LogP contribution in [0, 0.1) is 5.92 Å². The Bertz CT molecular complexity index is 284. The highest BCUT2D eigenvalue weighted by Gasteiger charge is 2.29. The van der Waals surface area contributed by atoms with E-state index in [9.17, 15) is 9.59 Å². The van der Waals surface area contributed by atoms with Gasteiger partial charge in [-0.1, -0.05) is 0 Å². The number of ether oxygens (including phenoxy) is 2. The molecule has 19 heavy (non-hydrogen) atoms. The molecule has 0 aromatic rings. The molecule has 0 bridgehead atoms. The molecule has 0 aromatic carbocycles. The van der Waals surface area contributed by atoms with Gasteiger partial charge in [-0.05, 0) is 18.8 Å². The van der Waals surface area contributed by atoms with Gasteiger partial charge in [-0.25, -0.2) is 4.79 Å². The number of rotatable bonds is 5. The van der Waals surface area contributed by atoms with E-state index in [1.807, 2.05) is 4.90 Å². The van der Waals surface area contributed by atoms with Crippen LogP contribution in [0.2, 0.25) is 0 Å². The maximum atomic E-state index is 11.3. The van der Waals surface area contributed by atoms with Crippen molar-refractivity contribution in [2.24, 2.45) is 5.92 Å². The van der Waals surface area contributed by atoms with Crippen LogP contribution < -0.4 is 5.32 Å². The Labute approximate surface area is 112 Å². The molecule has 0 aliphatic carbocycles. The number of nitrogens with zero attached hydrogens (tertiary/aromatic N) is 1. The molecule has 1 aliphatic heterocycles. The molecule has 7 heteroatoms. The number of carbonyl (C=O) groups is 2. The van der Waals surface area contributed by atoms with Gasteiger partial charge in [0.2, 0.25) is 0 Å². The Morgan fingerprint density at radius 2 is 2.05 bits per heavy atom. The minimum atomic E-state index is -0.479. The summed E-state index contributed by atoms with van der Waals surface area (Å²) in [5.41, 5.74) is 0. The van der Waals surface area contributed by atoms with Crippen LogP contribution in [0.15, 0.2) is 0 Å². The normalized spacial score (nSPS) is 23.7. The fourth-order valence-electron chi connectivity index (χ4n) is 2.40. The first-order valence-electron chi connectivity index (χ1n) is 6.33. The number of esters is 1. The smallest absolute Gasteiger partial charge is 0.407 e. The minimum absolute atomic E-state index is 0.0811. The number of piperidine rings is 1. The highest BCUT2D eigenvalue weighted by Crippen LogP contribution is 2.19. The first-order chi connectivity index (χ1) is 9.08. The second-order valence-electron chi connectivity index (χ2n) is 4.72. The van der Waals surface area contributed by atoms with Crippen molar-refractivity contribution in [1.82, 2.24) is 10.2 Å². The maximum absolute atomic E-state index is 11.3. The van der Waals surface area contributed by atoms with Crippen molar-refractivity contribution in [3.05, 3.63) is 0 Å². The van der Waals surface area contributed by atoms with Gasteiger partial charge in [0, 0.05) is 25.7 Å². The summed E-state index contributed by atoms with van der Waals surface area (Å²) in [7, 11) is 2.66. The number of hydrogen-bond acceptors (Lipinski definition) is 6. The number of alkyl carbamates (subject to hydrolysis) is 1. The van der Waals surface area contributed by atoms with E-state index >= 15 is 0 Å². The summed E-state index contributed by atoms with van der Waals surface area (Å²) in [6.07, 6.45) is 0.942. The predicted octanol–water partition coefficient (Wildman–Crippen LogP) is -0.412. The molecule has 2 N–H and O–H groups in total. The van der Waals surface area contributed by atoms with Crippen molar-refractivity contribution in [3.63, 3.8) is 0 Å². The first kappa shape index (κ1) is 15.7. The topological polar surface area (TPSA) is 88.1 Å². The number of aliphatic hydroxyl groups is 1. The van der Waals surface area contributed by atoms with E-state index in [-0.39, 0.29) is 31.1 Å². The zero-order valence-electron chi connectivity index (χ0n) is 11.4. The average Bonchev–Trinajstić information content (AvgIpc) is 2.38. The molecular formula is C12H22N2O5. The largest absolute Gasteiger partial charge is 0.468 e. The van der Waals surface area contributed by atoms with E-state index in [0.717, 1.165) is 13.0 Å². The molecule has 110 valence electrons. The summed E-state index contributed by atoms with van der Waals surface area (Å²) in [5, 5.41) is 11.8. The SMILES string of the molecule is COC(=O)CN1CC(CCO)CC(NC(=O)OC)C1. The van der Waals surface area contributed by atoms with Crippen LogP contribution >= 0.6 is 0 Å². The van der Waals surface area contributed by atoms with Crippen molar-refractivity contribution in [2.45, 2.75) is 18.9 Å². The number of amides is 1. The summed E-state index contributed by atoms with van der Waals surface area (Å²) in [6.45, 7) is 1.58. The lowest BCUT2D eigenvalue weighted by atomic mass is 9.92. The number of likely N-dealkylation sites (tertiary alicyclic amines) is 1. The summed E-state index contributed by atoms with van der Waals surface area (Å²) >= 11 is 0. The number of methoxy groups -OCH3 is 2. The van der Waals surface area contributed by atoms with Gasteiger partial charge in [-0.2, -0.15) is 0 Å². The molecule has 1 amide bonds. The van der Waals surface area contributed by atoms with Gasteiger partial charge >= 0.3 is 12.1 Å². The molecule has 2 unspecified atom stereocenters.